The number of aryl methyl sites for hydroxylation is 1. The standard InChI is InChI=1S/C29H35N7O4/c1-4-19(3)27(33-25(37)13-20-8-6-5-7-9-20)29(40)31-17-26(38)36-23-11-10-18(2)12-21(23)14-24(36)28(39)30-15-22-16-32-35-34-22/h5-12,16,19,24,27H,4,13-15,17H2,1-3H3,(H,30,39)(H,31,40)(H,33,37)(H,32,34,35). The number of carbonyl (C=O) groups excluding carboxylic acids is 4. The van der Waals surface area contributed by atoms with Crippen LogP contribution in [0.4, 0.5) is 5.69 Å². The number of aromatic nitrogens is 3. The first-order chi connectivity index (χ1) is 19.3. The summed E-state index contributed by atoms with van der Waals surface area (Å²) in [6, 6.07) is 13.4. The molecule has 1 aliphatic heterocycles. The zero-order chi connectivity index (χ0) is 28.6. The normalized spacial score (nSPS) is 15.6. The van der Waals surface area contributed by atoms with Crippen LogP contribution in [0, 0.1) is 12.8 Å². The number of rotatable bonds is 11. The number of carbonyl (C=O) groups is 4. The Morgan fingerprint density at radius 3 is 2.58 bits per heavy atom. The number of anilines is 1. The third-order valence-electron chi connectivity index (χ3n) is 7.13. The maximum absolute atomic E-state index is 13.5. The molecule has 11 heteroatoms. The SMILES string of the molecule is CCC(C)C(NC(=O)Cc1ccccc1)C(=O)NCC(=O)N1c2ccc(C)cc2CC1C(=O)NCc1cn[nH]n1. The van der Waals surface area contributed by atoms with E-state index < -0.39 is 23.9 Å². The van der Waals surface area contributed by atoms with Crippen molar-refractivity contribution < 1.29 is 19.2 Å². The Kier molecular flexibility index (Phi) is 9.26. The predicted octanol–water partition coefficient (Wildman–Crippen LogP) is 1.58. The molecule has 3 unspecified atom stereocenters. The van der Waals surface area contributed by atoms with E-state index >= 15 is 0 Å². The van der Waals surface area contributed by atoms with E-state index in [4.69, 9.17) is 0 Å². The van der Waals surface area contributed by atoms with E-state index in [0.717, 1.165) is 16.7 Å². The summed E-state index contributed by atoms with van der Waals surface area (Å²) in [5, 5.41) is 18.5. The van der Waals surface area contributed by atoms with Gasteiger partial charge in [0.1, 0.15) is 17.8 Å². The molecular formula is C29H35N7O4. The van der Waals surface area contributed by atoms with Crippen LogP contribution in [-0.2, 0) is 38.6 Å². The van der Waals surface area contributed by atoms with E-state index in [1.807, 2.05) is 69.3 Å². The Labute approximate surface area is 233 Å². The predicted molar refractivity (Wildman–Crippen MR) is 149 cm³/mol. The van der Waals surface area contributed by atoms with E-state index in [9.17, 15) is 19.2 Å². The van der Waals surface area contributed by atoms with Crippen molar-refractivity contribution >= 4 is 29.3 Å². The van der Waals surface area contributed by atoms with Crippen molar-refractivity contribution in [1.29, 1.82) is 0 Å². The number of H-pyrrole nitrogens is 1. The summed E-state index contributed by atoms with van der Waals surface area (Å²) >= 11 is 0. The monoisotopic (exact) mass is 545 g/mol. The van der Waals surface area contributed by atoms with Crippen LogP contribution in [0.3, 0.4) is 0 Å². The zero-order valence-electron chi connectivity index (χ0n) is 22.9. The molecule has 4 amide bonds. The Balaban J connectivity index is 1.43. The van der Waals surface area contributed by atoms with Crippen LogP contribution < -0.4 is 20.9 Å². The second-order valence-electron chi connectivity index (χ2n) is 10.1. The van der Waals surface area contributed by atoms with Crippen LogP contribution in [0.25, 0.3) is 0 Å². The second kappa shape index (κ2) is 13.0. The van der Waals surface area contributed by atoms with Crippen molar-refractivity contribution in [1.82, 2.24) is 31.4 Å². The fourth-order valence-electron chi connectivity index (χ4n) is 4.77. The molecule has 40 heavy (non-hydrogen) atoms. The van der Waals surface area contributed by atoms with Crippen molar-refractivity contribution in [2.24, 2.45) is 5.92 Å². The molecule has 0 bridgehead atoms. The van der Waals surface area contributed by atoms with Gasteiger partial charge in [0.15, 0.2) is 0 Å². The summed E-state index contributed by atoms with van der Waals surface area (Å²) in [5.41, 5.74) is 3.95. The van der Waals surface area contributed by atoms with Gasteiger partial charge in [0.05, 0.1) is 25.7 Å². The van der Waals surface area contributed by atoms with Crippen molar-refractivity contribution in [3.8, 4) is 0 Å². The average Bonchev–Trinajstić information content (AvgIpc) is 3.61. The smallest absolute Gasteiger partial charge is 0.247 e. The lowest BCUT2D eigenvalue weighted by Crippen LogP contribution is -2.54. The molecule has 1 aromatic heterocycles. The average molecular weight is 546 g/mol. The molecule has 4 N–H and O–H groups in total. The molecule has 0 saturated heterocycles. The minimum absolute atomic E-state index is 0.148. The van der Waals surface area contributed by atoms with Crippen LogP contribution in [0.15, 0.2) is 54.7 Å². The summed E-state index contributed by atoms with van der Waals surface area (Å²) < 4.78 is 0. The van der Waals surface area contributed by atoms with Gasteiger partial charge in [-0.1, -0.05) is 68.3 Å². The second-order valence-corrected chi connectivity index (χ2v) is 10.1. The number of nitrogens with one attached hydrogen (secondary N) is 4. The number of hydrogen-bond acceptors (Lipinski definition) is 6. The number of amides is 4. The van der Waals surface area contributed by atoms with Gasteiger partial charge in [-0.3, -0.25) is 24.1 Å². The van der Waals surface area contributed by atoms with E-state index in [0.29, 0.717) is 24.2 Å². The summed E-state index contributed by atoms with van der Waals surface area (Å²) in [6.07, 6.45) is 2.67. The van der Waals surface area contributed by atoms with E-state index in [1.165, 1.54) is 11.1 Å². The summed E-state index contributed by atoms with van der Waals surface area (Å²) in [7, 11) is 0. The molecule has 0 spiro atoms. The molecule has 4 rings (SSSR count). The molecule has 0 aliphatic carbocycles. The number of benzene rings is 2. The molecule has 0 saturated carbocycles. The number of hydrogen-bond donors (Lipinski definition) is 4. The highest BCUT2D eigenvalue weighted by atomic mass is 16.2. The lowest BCUT2D eigenvalue weighted by Gasteiger charge is -2.27. The van der Waals surface area contributed by atoms with Crippen molar-refractivity contribution in [3.05, 3.63) is 77.1 Å². The minimum Gasteiger partial charge on any atom is -0.348 e. The largest absolute Gasteiger partial charge is 0.348 e. The molecule has 0 radical (unpaired) electrons. The molecule has 3 atom stereocenters. The number of aromatic amines is 1. The van der Waals surface area contributed by atoms with Gasteiger partial charge in [-0.2, -0.15) is 15.4 Å². The Hall–Kier alpha value is -4.54. The Bertz CT molecular complexity index is 1340. The highest BCUT2D eigenvalue weighted by Gasteiger charge is 2.38. The molecule has 1 aliphatic rings. The molecule has 0 fully saturated rings. The summed E-state index contributed by atoms with van der Waals surface area (Å²) in [4.78, 5) is 54.0. The lowest BCUT2D eigenvalue weighted by molar-refractivity contribution is -0.131. The van der Waals surface area contributed by atoms with Gasteiger partial charge in [0.25, 0.3) is 0 Å². The van der Waals surface area contributed by atoms with E-state index in [1.54, 1.807) is 0 Å². The molecule has 11 nitrogen and oxygen atoms in total. The zero-order valence-corrected chi connectivity index (χ0v) is 22.9. The van der Waals surface area contributed by atoms with Crippen LogP contribution in [0.5, 0.6) is 0 Å². The maximum Gasteiger partial charge on any atom is 0.247 e. The van der Waals surface area contributed by atoms with Crippen molar-refractivity contribution in [2.45, 2.75) is 58.7 Å². The molecular weight excluding hydrogens is 510 g/mol. The maximum atomic E-state index is 13.5. The lowest BCUT2D eigenvalue weighted by atomic mass is 9.98. The molecule has 2 aromatic carbocycles. The summed E-state index contributed by atoms with van der Waals surface area (Å²) in [5.74, 6) is -1.62. The van der Waals surface area contributed by atoms with Crippen LogP contribution in [-0.4, -0.2) is 57.7 Å². The van der Waals surface area contributed by atoms with E-state index in [-0.39, 0.29) is 37.2 Å². The molecule has 2 heterocycles. The van der Waals surface area contributed by atoms with Crippen LogP contribution >= 0.6 is 0 Å². The third kappa shape index (κ3) is 6.90. The van der Waals surface area contributed by atoms with Gasteiger partial charge in [0, 0.05) is 12.1 Å². The first-order valence-corrected chi connectivity index (χ1v) is 13.4. The number of fused-ring (bicyclic) bond motifs is 1. The summed E-state index contributed by atoms with van der Waals surface area (Å²) in [6.45, 7) is 5.61. The van der Waals surface area contributed by atoms with Gasteiger partial charge < -0.3 is 16.0 Å². The molecule has 3 aromatic rings. The third-order valence-corrected chi connectivity index (χ3v) is 7.13. The van der Waals surface area contributed by atoms with Crippen molar-refractivity contribution in [3.63, 3.8) is 0 Å². The molecule has 210 valence electrons. The van der Waals surface area contributed by atoms with Gasteiger partial charge in [0.2, 0.25) is 23.6 Å². The minimum atomic E-state index is -0.802. The topological polar surface area (TPSA) is 149 Å². The van der Waals surface area contributed by atoms with Crippen LogP contribution in [0.2, 0.25) is 0 Å². The first kappa shape index (κ1) is 28.5. The van der Waals surface area contributed by atoms with Gasteiger partial charge in [-0.05, 0) is 30.0 Å². The van der Waals surface area contributed by atoms with Gasteiger partial charge in [-0.15, -0.1) is 0 Å². The number of nitrogens with zero attached hydrogens (tertiary/aromatic N) is 3. The van der Waals surface area contributed by atoms with Gasteiger partial charge in [-0.25, -0.2) is 0 Å². The highest BCUT2D eigenvalue weighted by Crippen LogP contribution is 2.33. The van der Waals surface area contributed by atoms with Crippen LogP contribution in [0.1, 0.15) is 42.7 Å². The van der Waals surface area contributed by atoms with Gasteiger partial charge >= 0.3 is 0 Å². The quantitative estimate of drug-likeness (QED) is 0.287. The fourth-order valence-corrected chi connectivity index (χ4v) is 4.77. The van der Waals surface area contributed by atoms with E-state index in [2.05, 4.69) is 31.4 Å². The fraction of sp³-hybridized carbons (Fsp3) is 0.379. The van der Waals surface area contributed by atoms with Crippen molar-refractivity contribution in [2.75, 3.05) is 11.4 Å². The highest BCUT2D eigenvalue weighted by molar-refractivity contribution is 6.05. The Morgan fingerprint density at radius 2 is 1.88 bits per heavy atom. The first-order valence-electron chi connectivity index (χ1n) is 13.4. The Morgan fingerprint density at radius 1 is 1.10 bits per heavy atom.